The van der Waals surface area contributed by atoms with Crippen LogP contribution < -0.4 is 14.8 Å². The lowest BCUT2D eigenvalue weighted by Gasteiger charge is -2.13. The summed E-state index contributed by atoms with van der Waals surface area (Å²) in [7, 11) is 1.56. The summed E-state index contributed by atoms with van der Waals surface area (Å²) in [4.78, 5) is 24.3. The first-order chi connectivity index (χ1) is 13.4. The van der Waals surface area contributed by atoms with Crippen LogP contribution >= 0.6 is 0 Å². The second kappa shape index (κ2) is 10.2. The summed E-state index contributed by atoms with van der Waals surface area (Å²) in [5.41, 5.74) is 1.48. The zero-order chi connectivity index (χ0) is 20.5. The smallest absolute Gasteiger partial charge is 0.340 e. The van der Waals surface area contributed by atoms with Crippen molar-refractivity contribution in [3.05, 3.63) is 59.7 Å². The molecule has 148 valence electrons. The first kappa shape index (κ1) is 21.0. The largest absolute Gasteiger partial charge is 0.493 e. The van der Waals surface area contributed by atoms with Crippen LogP contribution in [-0.4, -0.2) is 31.7 Å². The summed E-state index contributed by atoms with van der Waals surface area (Å²) >= 11 is 0. The van der Waals surface area contributed by atoms with Gasteiger partial charge in [-0.3, -0.25) is 4.79 Å². The van der Waals surface area contributed by atoms with Gasteiger partial charge in [-0.25, -0.2) is 4.79 Å². The van der Waals surface area contributed by atoms with Gasteiger partial charge in [0.25, 0.3) is 0 Å². The summed E-state index contributed by atoms with van der Waals surface area (Å²) in [6, 6.07) is 12.1. The quantitative estimate of drug-likeness (QED) is 0.543. The van der Waals surface area contributed by atoms with Crippen LogP contribution in [0.4, 0.5) is 5.69 Å². The molecule has 0 unspecified atom stereocenters. The fourth-order valence-electron chi connectivity index (χ4n) is 2.46. The number of amides is 1. The molecule has 2 aromatic carbocycles. The van der Waals surface area contributed by atoms with Gasteiger partial charge in [0, 0.05) is 6.08 Å². The number of carbonyl (C=O) groups is 2. The number of ether oxygens (including phenoxy) is 3. The number of carbonyl (C=O) groups excluding carboxylic acids is 2. The molecule has 0 aliphatic carbocycles. The lowest BCUT2D eigenvalue weighted by molar-refractivity contribution is -0.111. The highest BCUT2D eigenvalue weighted by Gasteiger charge is 2.13. The molecular formula is C22H25NO5. The predicted molar refractivity (Wildman–Crippen MR) is 109 cm³/mol. The third kappa shape index (κ3) is 5.87. The second-order valence-electron chi connectivity index (χ2n) is 6.17. The van der Waals surface area contributed by atoms with E-state index in [9.17, 15) is 9.59 Å². The normalized spacial score (nSPS) is 10.8. The SMILES string of the molecule is CCOC(=O)c1ccccc1NC(=O)/C=C/c1ccc(OC(C)C)c(OC)c1. The van der Waals surface area contributed by atoms with E-state index in [2.05, 4.69) is 5.32 Å². The maximum Gasteiger partial charge on any atom is 0.340 e. The van der Waals surface area contributed by atoms with Gasteiger partial charge in [0.1, 0.15) is 0 Å². The van der Waals surface area contributed by atoms with Crippen molar-refractivity contribution in [2.24, 2.45) is 0 Å². The van der Waals surface area contributed by atoms with Crippen LogP contribution in [0.3, 0.4) is 0 Å². The Morgan fingerprint density at radius 3 is 2.54 bits per heavy atom. The predicted octanol–water partition coefficient (Wildman–Crippen LogP) is 4.31. The van der Waals surface area contributed by atoms with Crippen molar-refractivity contribution >= 4 is 23.6 Å². The molecule has 0 aliphatic rings. The summed E-state index contributed by atoms with van der Waals surface area (Å²) < 4.78 is 16.0. The summed E-state index contributed by atoms with van der Waals surface area (Å²) in [6.07, 6.45) is 3.07. The van der Waals surface area contributed by atoms with Gasteiger partial charge < -0.3 is 19.5 Å². The van der Waals surface area contributed by atoms with E-state index in [1.54, 1.807) is 56.5 Å². The van der Waals surface area contributed by atoms with Gasteiger partial charge in [-0.05, 0) is 56.7 Å². The van der Waals surface area contributed by atoms with E-state index in [0.29, 0.717) is 22.7 Å². The van der Waals surface area contributed by atoms with E-state index in [1.165, 1.54) is 6.08 Å². The van der Waals surface area contributed by atoms with Crippen molar-refractivity contribution < 1.29 is 23.8 Å². The maximum atomic E-state index is 12.3. The maximum absolute atomic E-state index is 12.3. The number of rotatable bonds is 8. The third-order valence-corrected chi connectivity index (χ3v) is 3.66. The molecule has 2 rings (SSSR count). The molecule has 0 atom stereocenters. The molecule has 0 fully saturated rings. The van der Waals surface area contributed by atoms with E-state index < -0.39 is 5.97 Å². The number of nitrogens with one attached hydrogen (secondary N) is 1. The first-order valence-electron chi connectivity index (χ1n) is 9.04. The highest BCUT2D eigenvalue weighted by Crippen LogP contribution is 2.29. The average Bonchev–Trinajstić information content (AvgIpc) is 2.67. The number of hydrogen-bond acceptors (Lipinski definition) is 5. The van der Waals surface area contributed by atoms with Gasteiger partial charge >= 0.3 is 5.97 Å². The van der Waals surface area contributed by atoms with Crippen LogP contribution in [0.2, 0.25) is 0 Å². The summed E-state index contributed by atoms with van der Waals surface area (Å²) in [6.45, 7) is 5.87. The molecule has 0 heterocycles. The number of anilines is 1. The average molecular weight is 383 g/mol. The molecule has 1 amide bonds. The standard InChI is InChI=1S/C22H25NO5/c1-5-27-22(25)17-8-6-7-9-18(17)23-21(24)13-11-16-10-12-19(28-15(2)3)20(14-16)26-4/h6-15H,5H2,1-4H3,(H,23,24)/b13-11+. The Labute approximate surface area is 165 Å². The minimum atomic E-state index is -0.479. The molecule has 0 aromatic heterocycles. The molecule has 6 nitrogen and oxygen atoms in total. The Bertz CT molecular complexity index is 858. The first-order valence-corrected chi connectivity index (χ1v) is 9.04. The Hall–Kier alpha value is -3.28. The molecule has 2 aromatic rings. The lowest BCUT2D eigenvalue weighted by Crippen LogP contribution is -2.13. The third-order valence-electron chi connectivity index (χ3n) is 3.66. The minimum Gasteiger partial charge on any atom is -0.493 e. The van der Waals surface area contributed by atoms with Crippen molar-refractivity contribution in [1.29, 1.82) is 0 Å². The molecule has 0 bridgehead atoms. The summed E-state index contributed by atoms with van der Waals surface area (Å²) in [5.74, 6) is 0.387. The minimum absolute atomic E-state index is 0.0283. The van der Waals surface area contributed by atoms with Crippen molar-refractivity contribution in [2.75, 3.05) is 19.0 Å². The van der Waals surface area contributed by atoms with Crippen LogP contribution in [0.15, 0.2) is 48.5 Å². The van der Waals surface area contributed by atoms with Crippen molar-refractivity contribution in [3.63, 3.8) is 0 Å². The Kier molecular flexibility index (Phi) is 7.63. The zero-order valence-electron chi connectivity index (χ0n) is 16.5. The molecule has 1 N–H and O–H groups in total. The lowest BCUT2D eigenvalue weighted by atomic mass is 10.1. The summed E-state index contributed by atoms with van der Waals surface area (Å²) in [5, 5.41) is 2.70. The second-order valence-corrected chi connectivity index (χ2v) is 6.17. The molecule has 0 radical (unpaired) electrons. The number of methoxy groups -OCH3 is 1. The monoisotopic (exact) mass is 383 g/mol. The molecule has 28 heavy (non-hydrogen) atoms. The molecule has 0 saturated carbocycles. The van der Waals surface area contributed by atoms with Gasteiger partial charge in [-0.15, -0.1) is 0 Å². The molecule has 0 saturated heterocycles. The highest BCUT2D eigenvalue weighted by atomic mass is 16.5. The van der Waals surface area contributed by atoms with Crippen molar-refractivity contribution in [1.82, 2.24) is 0 Å². The van der Waals surface area contributed by atoms with Gasteiger partial charge in [-0.1, -0.05) is 18.2 Å². The molecule has 0 aliphatic heterocycles. The zero-order valence-corrected chi connectivity index (χ0v) is 16.5. The highest BCUT2D eigenvalue weighted by molar-refractivity contribution is 6.06. The Morgan fingerprint density at radius 1 is 1.11 bits per heavy atom. The van der Waals surface area contributed by atoms with Crippen LogP contribution in [0, 0.1) is 0 Å². The van der Waals surface area contributed by atoms with E-state index in [1.807, 2.05) is 19.9 Å². The van der Waals surface area contributed by atoms with E-state index in [4.69, 9.17) is 14.2 Å². The van der Waals surface area contributed by atoms with E-state index >= 15 is 0 Å². The molecular weight excluding hydrogens is 358 g/mol. The van der Waals surface area contributed by atoms with Gasteiger partial charge in [0.05, 0.1) is 31.1 Å². The fourth-order valence-corrected chi connectivity index (χ4v) is 2.46. The van der Waals surface area contributed by atoms with Crippen molar-refractivity contribution in [2.45, 2.75) is 26.9 Å². The fraction of sp³-hybridized carbons (Fsp3) is 0.273. The Morgan fingerprint density at radius 2 is 1.86 bits per heavy atom. The van der Waals surface area contributed by atoms with Crippen LogP contribution in [0.5, 0.6) is 11.5 Å². The van der Waals surface area contributed by atoms with Crippen LogP contribution in [0.25, 0.3) is 6.08 Å². The Balaban J connectivity index is 2.11. The molecule has 0 spiro atoms. The number of benzene rings is 2. The topological polar surface area (TPSA) is 73.9 Å². The van der Waals surface area contributed by atoms with Crippen LogP contribution in [0.1, 0.15) is 36.7 Å². The number of para-hydroxylation sites is 1. The van der Waals surface area contributed by atoms with Gasteiger partial charge in [0.15, 0.2) is 11.5 Å². The number of esters is 1. The van der Waals surface area contributed by atoms with Gasteiger partial charge in [-0.2, -0.15) is 0 Å². The van der Waals surface area contributed by atoms with Crippen molar-refractivity contribution in [3.8, 4) is 11.5 Å². The van der Waals surface area contributed by atoms with Gasteiger partial charge in [0.2, 0.25) is 5.91 Å². The van der Waals surface area contributed by atoms with E-state index in [-0.39, 0.29) is 18.6 Å². The number of hydrogen-bond donors (Lipinski definition) is 1. The van der Waals surface area contributed by atoms with E-state index in [0.717, 1.165) is 5.56 Å². The van der Waals surface area contributed by atoms with Crippen LogP contribution in [-0.2, 0) is 9.53 Å². The molecule has 6 heteroatoms.